The summed E-state index contributed by atoms with van der Waals surface area (Å²) in [4.78, 5) is 29.3. The molecule has 0 bridgehead atoms. The van der Waals surface area contributed by atoms with Gasteiger partial charge in [0, 0.05) is 28.0 Å². The third kappa shape index (κ3) is 3.23. The van der Waals surface area contributed by atoms with Gasteiger partial charge in [-0.15, -0.1) is 0 Å². The predicted octanol–water partition coefficient (Wildman–Crippen LogP) is 4.33. The van der Waals surface area contributed by atoms with Crippen molar-refractivity contribution in [2.45, 2.75) is 27.4 Å². The van der Waals surface area contributed by atoms with Gasteiger partial charge in [0.25, 0.3) is 0 Å². The summed E-state index contributed by atoms with van der Waals surface area (Å²) in [6.07, 6.45) is 0. The summed E-state index contributed by atoms with van der Waals surface area (Å²) in [5.41, 5.74) is 3.31. The largest absolute Gasteiger partial charge is 0.508 e. The number of hydrogen-bond donors (Lipinski definition) is 1. The Balaban J connectivity index is 1.70. The van der Waals surface area contributed by atoms with Crippen LogP contribution < -0.4 is 5.63 Å². The van der Waals surface area contributed by atoms with Gasteiger partial charge in [-0.25, -0.2) is 9.59 Å². The van der Waals surface area contributed by atoms with E-state index in [1.807, 2.05) is 31.2 Å². The van der Waals surface area contributed by atoms with Gasteiger partial charge >= 0.3 is 11.6 Å². The lowest BCUT2D eigenvalue weighted by Crippen LogP contribution is -2.12. The zero-order valence-corrected chi connectivity index (χ0v) is 16.3. The fraction of sp³-hybridized carbons (Fsp3) is 0.174. The molecule has 6 heteroatoms. The number of phenolic OH excluding ortho intramolecular Hbond substituents is 1. The number of pyridine rings is 1. The molecule has 0 aliphatic heterocycles. The molecule has 0 radical (unpaired) electrons. The molecule has 2 aromatic heterocycles. The van der Waals surface area contributed by atoms with Crippen LogP contribution in [0, 0.1) is 20.8 Å². The Kier molecular flexibility index (Phi) is 4.54. The van der Waals surface area contributed by atoms with Gasteiger partial charge in [0.2, 0.25) is 0 Å². The van der Waals surface area contributed by atoms with E-state index in [1.165, 1.54) is 12.1 Å². The number of hydrogen-bond acceptors (Lipinski definition) is 6. The van der Waals surface area contributed by atoms with Crippen LogP contribution in [0.1, 0.15) is 32.7 Å². The van der Waals surface area contributed by atoms with Gasteiger partial charge in [-0.05, 0) is 44.5 Å². The molecule has 6 nitrogen and oxygen atoms in total. The first kappa shape index (κ1) is 18.7. The summed E-state index contributed by atoms with van der Waals surface area (Å²) in [6, 6.07) is 12.1. The quantitative estimate of drug-likeness (QED) is 0.414. The van der Waals surface area contributed by atoms with Crippen molar-refractivity contribution in [3.63, 3.8) is 0 Å². The number of nitrogens with zero attached hydrogens (tertiary/aromatic N) is 1. The van der Waals surface area contributed by atoms with Gasteiger partial charge in [-0.1, -0.05) is 18.2 Å². The van der Waals surface area contributed by atoms with Crippen molar-refractivity contribution in [3.8, 4) is 5.75 Å². The van der Waals surface area contributed by atoms with Crippen molar-refractivity contribution in [2.75, 3.05) is 0 Å². The van der Waals surface area contributed by atoms with Crippen molar-refractivity contribution in [1.82, 2.24) is 4.98 Å². The van der Waals surface area contributed by atoms with Crippen LogP contribution in [0.5, 0.6) is 5.75 Å². The maximum atomic E-state index is 12.8. The summed E-state index contributed by atoms with van der Waals surface area (Å²) < 4.78 is 10.8. The molecule has 0 fully saturated rings. The average Bonchev–Trinajstić information content (AvgIpc) is 2.69. The van der Waals surface area contributed by atoms with Crippen LogP contribution in [0.4, 0.5) is 0 Å². The van der Waals surface area contributed by atoms with E-state index in [-0.39, 0.29) is 17.9 Å². The smallest absolute Gasteiger partial charge is 0.340 e. The molecule has 0 saturated heterocycles. The number of aromatic hydroxyl groups is 1. The van der Waals surface area contributed by atoms with Gasteiger partial charge < -0.3 is 14.3 Å². The van der Waals surface area contributed by atoms with Crippen LogP contribution in [0.2, 0.25) is 0 Å². The van der Waals surface area contributed by atoms with E-state index in [1.54, 1.807) is 19.9 Å². The number of fused-ring (bicyclic) bond motifs is 2. The summed E-state index contributed by atoms with van der Waals surface area (Å²) in [5, 5.41) is 11.4. The van der Waals surface area contributed by atoms with Gasteiger partial charge in [0.1, 0.15) is 17.9 Å². The molecule has 29 heavy (non-hydrogen) atoms. The number of para-hydroxylation sites is 1. The van der Waals surface area contributed by atoms with E-state index < -0.39 is 11.6 Å². The number of phenols is 1. The molecule has 0 atom stereocenters. The molecule has 0 saturated carbocycles. The third-order valence-corrected chi connectivity index (χ3v) is 5.11. The highest BCUT2D eigenvalue weighted by molar-refractivity contribution is 5.98. The van der Waals surface area contributed by atoms with E-state index >= 15 is 0 Å². The Morgan fingerprint density at radius 2 is 1.83 bits per heavy atom. The Labute approximate surface area is 166 Å². The number of carbonyl (C=O) groups excluding carboxylic acids is 1. The lowest BCUT2D eigenvalue weighted by molar-refractivity contribution is 0.0471. The van der Waals surface area contributed by atoms with Crippen LogP contribution in [0.3, 0.4) is 0 Å². The first-order valence-electron chi connectivity index (χ1n) is 9.15. The maximum Gasteiger partial charge on any atom is 0.340 e. The van der Waals surface area contributed by atoms with Gasteiger partial charge in [-0.2, -0.15) is 0 Å². The molecule has 146 valence electrons. The molecule has 2 heterocycles. The topological polar surface area (TPSA) is 89.6 Å². The molecule has 4 aromatic rings. The molecule has 0 unspecified atom stereocenters. The first-order chi connectivity index (χ1) is 13.9. The monoisotopic (exact) mass is 389 g/mol. The minimum Gasteiger partial charge on any atom is -0.508 e. The van der Waals surface area contributed by atoms with Gasteiger partial charge in [0.15, 0.2) is 0 Å². The highest BCUT2D eigenvalue weighted by Gasteiger charge is 2.19. The second kappa shape index (κ2) is 7.05. The lowest BCUT2D eigenvalue weighted by atomic mass is 10.0. The van der Waals surface area contributed by atoms with Crippen molar-refractivity contribution >= 4 is 27.8 Å². The number of carbonyl (C=O) groups is 1. The fourth-order valence-electron chi connectivity index (χ4n) is 3.58. The summed E-state index contributed by atoms with van der Waals surface area (Å²) in [7, 11) is 0. The molecule has 1 N–H and O–H groups in total. The Hall–Kier alpha value is -3.67. The summed E-state index contributed by atoms with van der Waals surface area (Å²) in [6.45, 7) is 5.20. The normalized spacial score (nSPS) is 11.1. The van der Waals surface area contributed by atoms with Crippen LogP contribution >= 0.6 is 0 Å². The number of rotatable bonds is 3. The standard InChI is InChI=1S/C23H19NO5/c1-12-16-6-4-5-7-18(16)24-14(3)21(12)23(27)28-11-15-10-20(26)29-22-13(2)19(25)9-8-17(15)22/h4-10,25H,11H2,1-3H3. The van der Waals surface area contributed by atoms with Crippen molar-refractivity contribution in [3.05, 3.63) is 80.8 Å². The summed E-state index contributed by atoms with van der Waals surface area (Å²) in [5.74, 6) is -0.474. The minimum absolute atomic E-state index is 0.0308. The van der Waals surface area contributed by atoms with E-state index in [9.17, 15) is 14.7 Å². The first-order valence-corrected chi connectivity index (χ1v) is 9.15. The minimum atomic E-state index is -0.572. The molecule has 2 aromatic carbocycles. The maximum absolute atomic E-state index is 12.8. The van der Waals surface area contributed by atoms with Crippen molar-refractivity contribution in [1.29, 1.82) is 0 Å². The van der Waals surface area contributed by atoms with Crippen molar-refractivity contribution < 1.29 is 19.1 Å². The van der Waals surface area contributed by atoms with E-state index in [0.29, 0.717) is 27.8 Å². The van der Waals surface area contributed by atoms with Crippen LogP contribution in [0.25, 0.3) is 21.9 Å². The number of benzene rings is 2. The van der Waals surface area contributed by atoms with E-state index in [2.05, 4.69) is 4.98 Å². The molecular weight excluding hydrogens is 370 g/mol. The number of ether oxygens (including phenoxy) is 1. The lowest BCUT2D eigenvalue weighted by Gasteiger charge is -2.13. The highest BCUT2D eigenvalue weighted by atomic mass is 16.5. The van der Waals surface area contributed by atoms with E-state index in [0.717, 1.165) is 16.5 Å². The SMILES string of the molecule is Cc1nc2ccccc2c(C)c1C(=O)OCc1cc(=O)oc2c(C)c(O)ccc12. The molecule has 0 aliphatic rings. The number of aryl methyl sites for hydroxylation is 3. The number of esters is 1. The Bertz CT molecular complexity index is 1340. The zero-order valence-electron chi connectivity index (χ0n) is 16.3. The molecule has 0 aliphatic carbocycles. The second-order valence-electron chi connectivity index (χ2n) is 6.97. The van der Waals surface area contributed by atoms with E-state index in [4.69, 9.17) is 9.15 Å². The molecular formula is C23H19NO5. The fourth-order valence-corrected chi connectivity index (χ4v) is 3.58. The van der Waals surface area contributed by atoms with Crippen molar-refractivity contribution in [2.24, 2.45) is 0 Å². The molecule has 4 rings (SSSR count). The van der Waals surface area contributed by atoms with Crippen LogP contribution in [-0.2, 0) is 11.3 Å². The van der Waals surface area contributed by atoms with Gasteiger partial charge in [0.05, 0.1) is 16.8 Å². The Morgan fingerprint density at radius 3 is 2.62 bits per heavy atom. The number of aromatic nitrogens is 1. The molecule has 0 spiro atoms. The summed E-state index contributed by atoms with van der Waals surface area (Å²) >= 11 is 0. The van der Waals surface area contributed by atoms with Crippen LogP contribution in [0.15, 0.2) is 51.7 Å². The molecule has 0 amide bonds. The highest BCUT2D eigenvalue weighted by Crippen LogP contribution is 2.28. The zero-order chi connectivity index (χ0) is 20.7. The second-order valence-corrected chi connectivity index (χ2v) is 6.97. The third-order valence-electron chi connectivity index (χ3n) is 5.11. The average molecular weight is 389 g/mol. The predicted molar refractivity (Wildman–Crippen MR) is 109 cm³/mol. The van der Waals surface area contributed by atoms with Crippen LogP contribution in [-0.4, -0.2) is 16.1 Å². The van der Waals surface area contributed by atoms with Gasteiger partial charge in [-0.3, -0.25) is 4.98 Å². The Morgan fingerprint density at radius 1 is 1.07 bits per heavy atom.